The van der Waals surface area contributed by atoms with Gasteiger partial charge in [0.25, 0.3) is 0 Å². The van der Waals surface area contributed by atoms with E-state index in [0.717, 1.165) is 12.8 Å². The minimum atomic E-state index is -0.293. The summed E-state index contributed by atoms with van der Waals surface area (Å²) >= 11 is 0. The maximum Gasteiger partial charge on any atom is 0.338 e. The topological polar surface area (TPSA) is 35.5 Å². The molecule has 1 aromatic carbocycles. The number of carbonyl (C=O) groups is 1. The first-order chi connectivity index (χ1) is 8.56. The smallest absolute Gasteiger partial charge is 0.338 e. The molecule has 0 N–H and O–H groups in total. The van der Waals surface area contributed by atoms with E-state index in [0.29, 0.717) is 11.3 Å². The van der Waals surface area contributed by atoms with Crippen LogP contribution in [0, 0.1) is 0 Å². The summed E-state index contributed by atoms with van der Waals surface area (Å²) < 4.78 is 11.0. The van der Waals surface area contributed by atoms with Crippen LogP contribution in [0.5, 0.6) is 5.75 Å². The minimum Gasteiger partial charge on any atom is -0.491 e. The van der Waals surface area contributed by atoms with Crippen molar-refractivity contribution in [1.29, 1.82) is 0 Å². The monoisotopic (exact) mass is 250 g/mol. The molecule has 0 bridgehead atoms. The standard InChI is InChI=1S/C15H22O3/c1-5-11(3)17-14-9-7-8-13(10-14)15(16)18-12(4)6-2/h7-12H,5-6H2,1-4H3. The SMILES string of the molecule is CCC(C)OC(=O)c1cccc(OC(C)CC)c1. The molecule has 0 aliphatic rings. The summed E-state index contributed by atoms with van der Waals surface area (Å²) in [5.41, 5.74) is 0.538. The van der Waals surface area contributed by atoms with Gasteiger partial charge in [0.05, 0.1) is 17.8 Å². The van der Waals surface area contributed by atoms with Crippen LogP contribution in [0.2, 0.25) is 0 Å². The quantitative estimate of drug-likeness (QED) is 0.720. The lowest BCUT2D eigenvalue weighted by Crippen LogP contribution is -2.14. The fourth-order valence-electron chi connectivity index (χ4n) is 1.35. The predicted molar refractivity (Wildman–Crippen MR) is 72.0 cm³/mol. The summed E-state index contributed by atoms with van der Waals surface area (Å²) in [6, 6.07) is 7.14. The zero-order valence-electron chi connectivity index (χ0n) is 11.6. The van der Waals surface area contributed by atoms with E-state index >= 15 is 0 Å². The van der Waals surface area contributed by atoms with Gasteiger partial charge in [-0.2, -0.15) is 0 Å². The molecule has 18 heavy (non-hydrogen) atoms. The van der Waals surface area contributed by atoms with Crippen LogP contribution < -0.4 is 4.74 Å². The van der Waals surface area contributed by atoms with Crippen LogP contribution in [0.3, 0.4) is 0 Å². The van der Waals surface area contributed by atoms with Crippen LogP contribution >= 0.6 is 0 Å². The third-order valence-corrected chi connectivity index (χ3v) is 2.87. The van der Waals surface area contributed by atoms with Gasteiger partial charge in [0.15, 0.2) is 0 Å². The Labute approximate surface area is 109 Å². The molecule has 0 amide bonds. The molecule has 3 heteroatoms. The number of carbonyl (C=O) groups excluding carboxylic acids is 1. The lowest BCUT2D eigenvalue weighted by molar-refractivity contribution is 0.0334. The van der Waals surface area contributed by atoms with Gasteiger partial charge in [-0.1, -0.05) is 19.9 Å². The Kier molecular flexibility index (Phi) is 5.69. The van der Waals surface area contributed by atoms with E-state index in [2.05, 4.69) is 6.92 Å². The fraction of sp³-hybridized carbons (Fsp3) is 0.533. The maximum atomic E-state index is 11.8. The van der Waals surface area contributed by atoms with Crippen molar-refractivity contribution in [2.75, 3.05) is 0 Å². The van der Waals surface area contributed by atoms with E-state index in [1.165, 1.54) is 0 Å². The van der Waals surface area contributed by atoms with Crippen LogP contribution in [0.15, 0.2) is 24.3 Å². The van der Waals surface area contributed by atoms with Crippen LogP contribution in [-0.2, 0) is 4.74 Å². The largest absolute Gasteiger partial charge is 0.491 e. The van der Waals surface area contributed by atoms with Gasteiger partial charge < -0.3 is 9.47 Å². The minimum absolute atomic E-state index is 0.0587. The molecule has 0 aromatic heterocycles. The zero-order valence-corrected chi connectivity index (χ0v) is 11.6. The Balaban J connectivity index is 2.72. The number of benzene rings is 1. The van der Waals surface area contributed by atoms with Crippen molar-refractivity contribution in [3.05, 3.63) is 29.8 Å². The van der Waals surface area contributed by atoms with E-state index in [1.54, 1.807) is 12.1 Å². The molecule has 2 atom stereocenters. The maximum absolute atomic E-state index is 11.8. The van der Waals surface area contributed by atoms with Gasteiger partial charge in [0, 0.05) is 0 Å². The van der Waals surface area contributed by atoms with Crippen LogP contribution in [0.4, 0.5) is 0 Å². The molecule has 0 saturated carbocycles. The van der Waals surface area contributed by atoms with E-state index in [1.807, 2.05) is 32.9 Å². The van der Waals surface area contributed by atoms with E-state index in [9.17, 15) is 4.79 Å². The second kappa shape index (κ2) is 7.04. The van der Waals surface area contributed by atoms with Crippen molar-refractivity contribution < 1.29 is 14.3 Å². The zero-order chi connectivity index (χ0) is 13.5. The normalized spacial score (nSPS) is 13.8. The Bertz CT molecular complexity index is 387. The number of esters is 1. The van der Waals surface area contributed by atoms with Crippen LogP contribution in [0.25, 0.3) is 0 Å². The summed E-state index contributed by atoms with van der Waals surface area (Å²) in [6.07, 6.45) is 1.83. The molecule has 2 unspecified atom stereocenters. The molecular weight excluding hydrogens is 228 g/mol. The molecule has 1 rings (SSSR count). The summed E-state index contributed by atoms with van der Waals surface area (Å²) in [7, 11) is 0. The van der Waals surface area contributed by atoms with Crippen molar-refractivity contribution in [2.45, 2.75) is 52.7 Å². The predicted octanol–water partition coefficient (Wildman–Crippen LogP) is 3.82. The molecule has 0 heterocycles. The Morgan fingerprint density at radius 3 is 2.44 bits per heavy atom. The second-order valence-corrected chi connectivity index (χ2v) is 4.49. The first-order valence-corrected chi connectivity index (χ1v) is 6.54. The highest BCUT2D eigenvalue weighted by Gasteiger charge is 2.12. The molecule has 0 aliphatic carbocycles. The summed E-state index contributed by atoms with van der Waals surface area (Å²) in [4.78, 5) is 11.8. The van der Waals surface area contributed by atoms with Crippen LogP contribution in [0.1, 0.15) is 50.9 Å². The third kappa shape index (κ3) is 4.40. The number of hydrogen-bond donors (Lipinski definition) is 0. The molecule has 0 spiro atoms. The van der Waals surface area contributed by atoms with Crippen molar-refractivity contribution in [1.82, 2.24) is 0 Å². The van der Waals surface area contributed by atoms with Crippen molar-refractivity contribution in [2.24, 2.45) is 0 Å². The van der Waals surface area contributed by atoms with Gasteiger partial charge >= 0.3 is 5.97 Å². The highest BCUT2D eigenvalue weighted by molar-refractivity contribution is 5.89. The first-order valence-electron chi connectivity index (χ1n) is 6.54. The summed E-state index contributed by atoms with van der Waals surface area (Å²) in [6.45, 7) is 7.94. The molecular formula is C15H22O3. The van der Waals surface area contributed by atoms with E-state index in [-0.39, 0.29) is 18.2 Å². The highest BCUT2D eigenvalue weighted by Crippen LogP contribution is 2.17. The average Bonchev–Trinajstić information content (AvgIpc) is 2.38. The van der Waals surface area contributed by atoms with Gasteiger partial charge in [0.2, 0.25) is 0 Å². The molecule has 0 fully saturated rings. The van der Waals surface area contributed by atoms with Gasteiger partial charge in [-0.3, -0.25) is 0 Å². The Morgan fingerprint density at radius 1 is 1.17 bits per heavy atom. The molecule has 0 radical (unpaired) electrons. The third-order valence-electron chi connectivity index (χ3n) is 2.87. The van der Waals surface area contributed by atoms with E-state index < -0.39 is 0 Å². The molecule has 3 nitrogen and oxygen atoms in total. The lowest BCUT2D eigenvalue weighted by atomic mass is 10.2. The van der Waals surface area contributed by atoms with Gasteiger partial charge in [-0.15, -0.1) is 0 Å². The van der Waals surface area contributed by atoms with Gasteiger partial charge in [0.1, 0.15) is 5.75 Å². The van der Waals surface area contributed by atoms with Crippen molar-refractivity contribution in [3.63, 3.8) is 0 Å². The van der Waals surface area contributed by atoms with Crippen LogP contribution in [-0.4, -0.2) is 18.2 Å². The number of rotatable bonds is 6. The second-order valence-electron chi connectivity index (χ2n) is 4.49. The number of ether oxygens (including phenoxy) is 2. The average molecular weight is 250 g/mol. The highest BCUT2D eigenvalue weighted by atomic mass is 16.5. The van der Waals surface area contributed by atoms with E-state index in [4.69, 9.17) is 9.47 Å². The summed E-state index contributed by atoms with van der Waals surface area (Å²) in [5, 5.41) is 0. The molecule has 0 aliphatic heterocycles. The van der Waals surface area contributed by atoms with Gasteiger partial charge in [-0.05, 0) is 44.9 Å². The fourth-order valence-corrected chi connectivity index (χ4v) is 1.35. The van der Waals surface area contributed by atoms with Gasteiger partial charge in [-0.25, -0.2) is 4.79 Å². The number of hydrogen-bond acceptors (Lipinski definition) is 3. The molecule has 1 aromatic rings. The Hall–Kier alpha value is -1.51. The lowest BCUT2D eigenvalue weighted by Gasteiger charge is -2.14. The summed E-state index contributed by atoms with van der Waals surface area (Å²) in [5.74, 6) is 0.418. The molecule has 0 saturated heterocycles. The molecule has 100 valence electrons. The first kappa shape index (κ1) is 14.6. The van der Waals surface area contributed by atoms with Crippen molar-refractivity contribution >= 4 is 5.97 Å². The van der Waals surface area contributed by atoms with Crippen molar-refractivity contribution in [3.8, 4) is 5.75 Å². The Morgan fingerprint density at radius 2 is 1.83 bits per heavy atom.